The number of nitrogens with one attached hydrogen (secondary N) is 2. The summed E-state index contributed by atoms with van der Waals surface area (Å²) in [7, 11) is 0. The molecule has 0 aromatic rings. The van der Waals surface area contributed by atoms with E-state index in [0.29, 0.717) is 0 Å². The molecule has 4 N–H and O–H groups in total. The van der Waals surface area contributed by atoms with E-state index < -0.39 is 0 Å². The molecule has 1 rings (SSSR count). The fourth-order valence-electron chi connectivity index (χ4n) is 1.78. The van der Waals surface area contributed by atoms with Crippen LogP contribution in [-0.2, 0) is 4.79 Å². The first-order valence-electron chi connectivity index (χ1n) is 5.71. The van der Waals surface area contributed by atoms with Crippen LogP contribution in [0.2, 0.25) is 0 Å². The molecule has 1 aliphatic heterocycles. The maximum absolute atomic E-state index is 11.8. The zero-order valence-electron chi connectivity index (χ0n) is 9.50. The second-order valence-corrected chi connectivity index (χ2v) is 4.87. The van der Waals surface area contributed by atoms with Gasteiger partial charge < -0.3 is 10.6 Å². The Morgan fingerprint density at radius 1 is 1.25 bits per heavy atom. The van der Waals surface area contributed by atoms with Crippen molar-refractivity contribution in [2.45, 2.75) is 32.1 Å². The Morgan fingerprint density at radius 2 is 1.81 bits per heavy atom. The third-order valence-electron chi connectivity index (χ3n) is 2.61. The van der Waals surface area contributed by atoms with Gasteiger partial charge in [0.15, 0.2) is 5.17 Å². The molecule has 0 saturated carbocycles. The molecule has 1 aliphatic rings. The van der Waals surface area contributed by atoms with Crippen molar-refractivity contribution < 1.29 is 4.79 Å². The Balaban J connectivity index is 2.24. The lowest BCUT2D eigenvalue weighted by molar-refractivity contribution is -0.130. The molecule has 0 bridgehead atoms. The standard InChI is InChI=1S/C10H20N4OS/c11-10(12)16-13-8-9(15)14-6-4-2-1-3-5-7-14/h13H,1-8H2,(H3,11,12). The molecule has 6 heteroatoms. The number of amidine groups is 1. The van der Waals surface area contributed by atoms with Crippen LogP contribution in [0.15, 0.2) is 0 Å². The number of amides is 1. The molecule has 0 radical (unpaired) electrons. The predicted octanol–water partition coefficient (Wildman–Crippen LogP) is 0.910. The average molecular weight is 244 g/mol. The number of carbonyl (C=O) groups is 1. The lowest BCUT2D eigenvalue weighted by atomic mass is 10.1. The number of nitrogens with two attached hydrogens (primary N) is 1. The molecule has 0 atom stereocenters. The minimum absolute atomic E-state index is 0.0135. The number of hydrogen-bond acceptors (Lipinski definition) is 4. The highest BCUT2D eigenvalue weighted by atomic mass is 32.2. The minimum atomic E-state index is -0.0135. The summed E-state index contributed by atoms with van der Waals surface area (Å²) in [6.07, 6.45) is 5.94. The van der Waals surface area contributed by atoms with Gasteiger partial charge in [0, 0.05) is 13.1 Å². The second kappa shape index (κ2) is 7.51. The van der Waals surface area contributed by atoms with Crippen LogP contribution in [0.1, 0.15) is 32.1 Å². The Morgan fingerprint density at radius 3 is 2.38 bits per heavy atom. The Kier molecular flexibility index (Phi) is 6.25. The lowest BCUT2D eigenvalue weighted by Crippen LogP contribution is -2.38. The second-order valence-electron chi connectivity index (χ2n) is 3.94. The first kappa shape index (κ1) is 13.3. The van der Waals surface area contributed by atoms with Crippen molar-refractivity contribution in [1.29, 1.82) is 5.41 Å². The molecule has 16 heavy (non-hydrogen) atoms. The van der Waals surface area contributed by atoms with Crippen molar-refractivity contribution in [3.05, 3.63) is 0 Å². The van der Waals surface area contributed by atoms with Crippen LogP contribution >= 0.6 is 11.9 Å². The third kappa shape index (κ3) is 5.37. The lowest BCUT2D eigenvalue weighted by Gasteiger charge is -2.24. The highest BCUT2D eigenvalue weighted by Crippen LogP contribution is 2.10. The molecule has 5 nitrogen and oxygen atoms in total. The summed E-state index contributed by atoms with van der Waals surface area (Å²) in [5.74, 6) is 0.107. The first-order chi connectivity index (χ1) is 7.70. The molecule has 1 saturated heterocycles. The van der Waals surface area contributed by atoms with E-state index in [1.807, 2.05) is 4.90 Å². The van der Waals surface area contributed by atoms with Crippen molar-refractivity contribution in [2.24, 2.45) is 5.73 Å². The smallest absolute Gasteiger partial charge is 0.237 e. The van der Waals surface area contributed by atoms with Crippen molar-refractivity contribution in [2.75, 3.05) is 19.6 Å². The van der Waals surface area contributed by atoms with Gasteiger partial charge in [-0.2, -0.15) is 0 Å². The molecule has 0 aromatic heterocycles. The van der Waals surface area contributed by atoms with E-state index in [0.717, 1.165) is 37.9 Å². The molecular formula is C10H20N4OS. The minimum Gasteiger partial charge on any atom is -0.378 e. The van der Waals surface area contributed by atoms with Gasteiger partial charge in [0.25, 0.3) is 0 Å². The molecule has 0 aromatic carbocycles. The summed E-state index contributed by atoms with van der Waals surface area (Å²) in [5, 5.41) is 6.99. The van der Waals surface area contributed by atoms with E-state index in [-0.39, 0.29) is 17.6 Å². The molecule has 1 amide bonds. The first-order valence-corrected chi connectivity index (χ1v) is 6.53. The van der Waals surface area contributed by atoms with E-state index >= 15 is 0 Å². The van der Waals surface area contributed by atoms with Gasteiger partial charge in [-0.3, -0.25) is 10.2 Å². The fourth-order valence-corrected chi connectivity index (χ4v) is 2.14. The van der Waals surface area contributed by atoms with Crippen LogP contribution in [0.3, 0.4) is 0 Å². The molecule has 1 fully saturated rings. The summed E-state index contributed by atoms with van der Waals surface area (Å²) in [5.41, 5.74) is 5.16. The molecule has 0 aliphatic carbocycles. The highest BCUT2D eigenvalue weighted by Gasteiger charge is 2.14. The Hall–Kier alpha value is -0.750. The monoisotopic (exact) mass is 244 g/mol. The van der Waals surface area contributed by atoms with E-state index in [1.165, 1.54) is 19.3 Å². The number of hydrogen-bond donors (Lipinski definition) is 3. The zero-order valence-corrected chi connectivity index (χ0v) is 10.3. The quantitative estimate of drug-likeness (QED) is 0.391. The molecule has 0 spiro atoms. The molecule has 0 unspecified atom stereocenters. The third-order valence-corrected chi connectivity index (χ3v) is 3.12. The molecule has 92 valence electrons. The number of likely N-dealkylation sites (tertiary alicyclic amines) is 1. The highest BCUT2D eigenvalue weighted by molar-refractivity contribution is 8.12. The van der Waals surface area contributed by atoms with Gasteiger partial charge >= 0.3 is 0 Å². The van der Waals surface area contributed by atoms with Crippen LogP contribution in [0.25, 0.3) is 0 Å². The molecular weight excluding hydrogens is 224 g/mol. The summed E-state index contributed by atoms with van der Waals surface area (Å²) in [4.78, 5) is 13.7. The average Bonchev–Trinajstić information content (AvgIpc) is 2.15. The van der Waals surface area contributed by atoms with Crippen LogP contribution in [0.4, 0.5) is 0 Å². The van der Waals surface area contributed by atoms with Crippen LogP contribution in [0, 0.1) is 5.41 Å². The summed E-state index contributed by atoms with van der Waals surface area (Å²) in [6.45, 7) is 1.99. The van der Waals surface area contributed by atoms with Gasteiger partial charge in [-0.05, 0) is 24.8 Å². The Labute approximate surface area is 101 Å². The topological polar surface area (TPSA) is 82.2 Å². The molecule has 1 heterocycles. The van der Waals surface area contributed by atoms with E-state index in [1.54, 1.807) is 0 Å². The van der Waals surface area contributed by atoms with Gasteiger partial charge in [0.05, 0.1) is 6.54 Å². The van der Waals surface area contributed by atoms with Crippen molar-refractivity contribution in [3.63, 3.8) is 0 Å². The maximum atomic E-state index is 11.8. The predicted molar refractivity (Wildman–Crippen MR) is 67.2 cm³/mol. The van der Waals surface area contributed by atoms with Crippen molar-refractivity contribution >= 4 is 23.0 Å². The van der Waals surface area contributed by atoms with E-state index in [2.05, 4.69) is 4.72 Å². The van der Waals surface area contributed by atoms with Crippen molar-refractivity contribution in [1.82, 2.24) is 9.62 Å². The normalized spacial score (nSPS) is 17.6. The van der Waals surface area contributed by atoms with E-state index in [9.17, 15) is 4.79 Å². The van der Waals surface area contributed by atoms with Gasteiger partial charge in [-0.1, -0.05) is 19.3 Å². The summed E-state index contributed by atoms with van der Waals surface area (Å²) < 4.78 is 2.79. The van der Waals surface area contributed by atoms with Crippen molar-refractivity contribution in [3.8, 4) is 0 Å². The summed E-state index contributed by atoms with van der Waals surface area (Å²) >= 11 is 0.997. The van der Waals surface area contributed by atoms with Gasteiger partial charge in [0.1, 0.15) is 0 Å². The number of rotatable bonds is 3. The van der Waals surface area contributed by atoms with Crippen LogP contribution < -0.4 is 10.5 Å². The largest absolute Gasteiger partial charge is 0.378 e. The summed E-state index contributed by atoms with van der Waals surface area (Å²) in [6, 6.07) is 0. The maximum Gasteiger partial charge on any atom is 0.237 e. The van der Waals surface area contributed by atoms with Gasteiger partial charge in [-0.15, -0.1) is 0 Å². The fraction of sp³-hybridized carbons (Fsp3) is 0.800. The van der Waals surface area contributed by atoms with E-state index in [4.69, 9.17) is 11.1 Å². The SMILES string of the molecule is N=C(N)SNCC(=O)N1CCCCCCC1. The van der Waals surface area contributed by atoms with Crippen LogP contribution in [0.5, 0.6) is 0 Å². The Bertz CT molecular complexity index is 239. The van der Waals surface area contributed by atoms with Gasteiger partial charge in [-0.25, -0.2) is 4.72 Å². The number of nitrogens with zero attached hydrogens (tertiary/aromatic N) is 1. The zero-order chi connectivity index (χ0) is 11.8. The van der Waals surface area contributed by atoms with Gasteiger partial charge in [0.2, 0.25) is 5.91 Å². The van der Waals surface area contributed by atoms with Crippen LogP contribution in [-0.4, -0.2) is 35.6 Å². The number of carbonyl (C=O) groups excluding carboxylic acids is 1.